The summed E-state index contributed by atoms with van der Waals surface area (Å²) >= 11 is 0. The SMILES string of the molecule is C.OB(O)O.[H-].[Na+]. The van der Waals surface area contributed by atoms with Crippen molar-refractivity contribution in [1.29, 1.82) is 0 Å². The molecule has 0 aromatic carbocycles. The topological polar surface area (TPSA) is 60.7 Å². The van der Waals surface area contributed by atoms with Crippen LogP contribution >= 0.6 is 0 Å². The van der Waals surface area contributed by atoms with Gasteiger partial charge < -0.3 is 16.5 Å². The molecule has 0 aliphatic rings. The van der Waals surface area contributed by atoms with E-state index in [1.54, 1.807) is 0 Å². The molecule has 0 aliphatic carbocycles. The average Bonchev–Trinajstić information content (AvgIpc) is 0.811. The molecule has 34 valence electrons. The number of hydrogen-bond donors (Lipinski definition) is 3. The van der Waals surface area contributed by atoms with E-state index >= 15 is 0 Å². The minimum absolute atomic E-state index is 0. The van der Waals surface area contributed by atoms with Crippen LogP contribution in [0.5, 0.6) is 0 Å². The van der Waals surface area contributed by atoms with Gasteiger partial charge in [0.1, 0.15) is 0 Å². The van der Waals surface area contributed by atoms with E-state index < -0.39 is 7.32 Å². The Labute approximate surface area is 61.0 Å². The molecule has 0 radical (unpaired) electrons. The summed E-state index contributed by atoms with van der Waals surface area (Å²) in [6.45, 7) is 0. The summed E-state index contributed by atoms with van der Waals surface area (Å²) < 4.78 is 0. The maximum absolute atomic E-state index is 7.17. The largest absolute Gasteiger partial charge is 1.00 e. The second kappa shape index (κ2) is 9.34. The first-order valence-electron chi connectivity index (χ1n) is 0.775. The third-order valence-electron chi connectivity index (χ3n) is 0. The van der Waals surface area contributed by atoms with E-state index in [9.17, 15) is 0 Å². The van der Waals surface area contributed by atoms with Gasteiger partial charge in [-0.1, -0.05) is 7.43 Å². The van der Waals surface area contributed by atoms with Crippen LogP contribution in [-0.2, 0) is 0 Å². The summed E-state index contributed by atoms with van der Waals surface area (Å²) in [5, 5.41) is 21.5. The summed E-state index contributed by atoms with van der Waals surface area (Å²) in [6, 6.07) is 0. The molecular formula is CH8BNaO3. The Kier molecular flexibility index (Phi) is 24.6. The van der Waals surface area contributed by atoms with Crippen LogP contribution in [0.4, 0.5) is 0 Å². The van der Waals surface area contributed by atoms with Crippen molar-refractivity contribution in [2.24, 2.45) is 0 Å². The molecule has 0 aliphatic heterocycles. The van der Waals surface area contributed by atoms with Gasteiger partial charge in [-0.05, 0) is 0 Å². The van der Waals surface area contributed by atoms with E-state index in [1.165, 1.54) is 0 Å². The van der Waals surface area contributed by atoms with Crippen molar-refractivity contribution >= 4 is 7.32 Å². The third-order valence-corrected chi connectivity index (χ3v) is 0. The van der Waals surface area contributed by atoms with Crippen molar-refractivity contribution in [3.8, 4) is 0 Å². The summed E-state index contributed by atoms with van der Waals surface area (Å²) in [5.74, 6) is 0. The first-order valence-corrected chi connectivity index (χ1v) is 0.775. The van der Waals surface area contributed by atoms with Crippen LogP contribution in [0.15, 0.2) is 0 Å². The Morgan fingerprint density at radius 3 is 1.17 bits per heavy atom. The molecule has 0 saturated carbocycles. The van der Waals surface area contributed by atoms with E-state index in [0.717, 1.165) is 0 Å². The molecule has 0 heterocycles. The molecule has 5 heteroatoms. The maximum Gasteiger partial charge on any atom is 1.00 e. The molecule has 3 N–H and O–H groups in total. The molecule has 0 fully saturated rings. The molecule has 0 atom stereocenters. The van der Waals surface area contributed by atoms with Gasteiger partial charge in [0.05, 0.1) is 0 Å². The van der Waals surface area contributed by atoms with Gasteiger partial charge in [0, 0.05) is 0 Å². The van der Waals surface area contributed by atoms with Gasteiger partial charge in [0.15, 0.2) is 0 Å². The van der Waals surface area contributed by atoms with Crippen molar-refractivity contribution in [3.63, 3.8) is 0 Å². The smallest absolute Gasteiger partial charge is 1.00 e. The summed E-state index contributed by atoms with van der Waals surface area (Å²) in [6.07, 6.45) is 0. The molecule has 0 spiro atoms. The maximum atomic E-state index is 7.17. The Hall–Kier alpha value is 0.945. The molecule has 0 aromatic heterocycles. The monoisotopic (exact) mass is 102 g/mol. The predicted octanol–water partition coefficient (Wildman–Crippen LogP) is -4.30. The molecular weight excluding hydrogens is 93.8 g/mol. The average molecular weight is 102 g/mol. The summed E-state index contributed by atoms with van der Waals surface area (Å²) in [7, 11) is -2.17. The van der Waals surface area contributed by atoms with Crippen molar-refractivity contribution in [2.75, 3.05) is 0 Å². The number of rotatable bonds is 0. The molecule has 0 rings (SSSR count). The zero-order chi connectivity index (χ0) is 3.58. The van der Waals surface area contributed by atoms with Crippen LogP contribution in [0.25, 0.3) is 0 Å². The summed E-state index contributed by atoms with van der Waals surface area (Å²) in [5.41, 5.74) is 0. The summed E-state index contributed by atoms with van der Waals surface area (Å²) in [4.78, 5) is 0. The standard InChI is InChI=1S/CH4.BH3O3.Na.H/c;2-1(3)4;;/h1H4;2-4H;;/q;;+1;-1. The van der Waals surface area contributed by atoms with Crippen LogP contribution < -0.4 is 29.6 Å². The van der Waals surface area contributed by atoms with E-state index in [0.29, 0.717) is 0 Å². The second-order valence-corrected chi connectivity index (χ2v) is 0.346. The van der Waals surface area contributed by atoms with Gasteiger partial charge in [-0.15, -0.1) is 0 Å². The van der Waals surface area contributed by atoms with Gasteiger partial charge in [-0.3, -0.25) is 0 Å². The van der Waals surface area contributed by atoms with Crippen molar-refractivity contribution < 1.29 is 46.1 Å². The Morgan fingerprint density at radius 2 is 1.17 bits per heavy atom. The van der Waals surface area contributed by atoms with Gasteiger partial charge in [-0.2, -0.15) is 0 Å². The van der Waals surface area contributed by atoms with Gasteiger partial charge in [-0.25, -0.2) is 0 Å². The van der Waals surface area contributed by atoms with Crippen LogP contribution in [0.1, 0.15) is 8.85 Å². The van der Waals surface area contributed by atoms with Gasteiger partial charge in [0.2, 0.25) is 0 Å². The molecule has 0 saturated heterocycles. The molecule has 3 nitrogen and oxygen atoms in total. The first-order chi connectivity index (χ1) is 1.73. The van der Waals surface area contributed by atoms with E-state index in [-0.39, 0.29) is 38.4 Å². The Balaban J connectivity index is -0.0000000150. The molecule has 0 bridgehead atoms. The van der Waals surface area contributed by atoms with E-state index in [1.807, 2.05) is 0 Å². The predicted molar refractivity (Wildman–Crippen MR) is 20.3 cm³/mol. The number of hydrogen-bond acceptors (Lipinski definition) is 3. The zero-order valence-corrected chi connectivity index (χ0v) is 4.92. The van der Waals surface area contributed by atoms with Gasteiger partial charge in [0.25, 0.3) is 0 Å². The quantitative estimate of drug-likeness (QED) is 0.271. The first kappa shape index (κ1) is 15.8. The van der Waals surface area contributed by atoms with Gasteiger partial charge >= 0.3 is 36.9 Å². The molecule has 0 amide bonds. The van der Waals surface area contributed by atoms with Crippen molar-refractivity contribution in [2.45, 2.75) is 7.43 Å². The molecule has 0 unspecified atom stereocenters. The minimum atomic E-state index is -2.17. The Bertz CT molecular complexity index is 19.7. The minimum Gasteiger partial charge on any atom is -1.00 e. The van der Waals surface area contributed by atoms with Crippen LogP contribution in [0.2, 0.25) is 0 Å². The fourth-order valence-electron chi connectivity index (χ4n) is 0. The van der Waals surface area contributed by atoms with E-state index in [2.05, 4.69) is 0 Å². The fourth-order valence-corrected chi connectivity index (χ4v) is 0. The third kappa shape index (κ3) is 86.2. The van der Waals surface area contributed by atoms with Crippen molar-refractivity contribution in [1.82, 2.24) is 0 Å². The Morgan fingerprint density at radius 1 is 1.17 bits per heavy atom. The normalized spacial score (nSPS) is 4.50. The van der Waals surface area contributed by atoms with Crippen LogP contribution in [0.3, 0.4) is 0 Å². The molecule has 0 aromatic rings. The van der Waals surface area contributed by atoms with Crippen LogP contribution in [0, 0.1) is 0 Å². The van der Waals surface area contributed by atoms with E-state index in [4.69, 9.17) is 15.1 Å². The molecule has 6 heavy (non-hydrogen) atoms. The zero-order valence-electron chi connectivity index (χ0n) is 3.92. The van der Waals surface area contributed by atoms with Crippen molar-refractivity contribution in [3.05, 3.63) is 0 Å². The van der Waals surface area contributed by atoms with Crippen LogP contribution in [-0.4, -0.2) is 22.4 Å². The second-order valence-electron chi connectivity index (χ2n) is 0.346. The fraction of sp³-hybridized carbons (Fsp3) is 1.00.